The van der Waals surface area contributed by atoms with Gasteiger partial charge in [-0.2, -0.15) is 10.4 Å². The third kappa shape index (κ3) is 3.89. The fraction of sp³-hybridized carbons (Fsp3) is 0.350. The highest BCUT2D eigenvalue weighted by Crippen LogP contribution is 2.29. The van der Waals surface area contributed by atoms with Gasteiger partial charge in [0, 0.05) is 31.0 Å². The molecule has 2 aromatic heterocycles. The molecule has 2 atom stereocenters. The van der Waals surface area contributed by atoms with Crippen molar-refractivity contribution in [2.75, 3.05) is 18.4 Å². The summed E-state index contributed by atoms with van der Waals surface area (Å²) in [5.74, 6) is 1.13. The van der Waals surface area contributed by atoms with E-state index in [2.05, 4.69) is 26.4 Å². The van der Waals surface area contributed by atoms with Gasteiger partial charge in [0.25, 0.3) is 0 Å². The standard InChI is InChI=1S/C20H21FN6O/c1-14-19(28-13-23-14)12-26-8-6-15(10-22)18(11-26)27-9-7-20(25-27)24-17-4-2-16(21)3-5-17/h2-5,7,9,13,15,18H,6,8,11-12H2,1H3,(H,24,25). The summed E-state index contributed by atoms with van der Waals surface area (Å²) in [6, 6.07) is 10.4. The van der Waals surface area contributed by atoms with Gasteiger partial charge in [0.1, 0.15) is 11.6 Å². The molecule has 2 unspecified atom stereocenters. The lowest BCUT2D eigenvalue weighted by molar-refractivity contribution is 0.126. The van der Waals surface area contributed by atoms with Crippen molar-refractivity contribution < 1.29 is 8.81 Å². The monoisotopic (exact) mass is 380 g/mol. The van der Waals surface area contributed by atoms with E-state index in [-0.39, 0.29) is 17.8 Å². The Morgan fingerprint density at radius 3 is 2.86 bits per heavy atom. The topological polar surface area (TPSA) is 82.9 Å². The molecule has 28 heavy (non-hydrogen) atoms. The number of piperidine rings is 1. The van der Waals surface area contributed by atoms with E-state index in [0.29, 0.717) is 18.9 Å². The quantitative estimate of drug-likeness (QED) is 0.727. The lowest BCUT2D eigenvalue weighted by Gasteiger charge is -2.35. The number of anilines is 2. The van der Waals surface area contributed by atoms with Crippen LogP contribution in [0, 0.1) is 30.0 Å². The third-order valence-electron chi connectivity index (χ3n) is 5.11. The molecule has 0 radical (unpaired) electrons. The zero-order valence-corrected chi connectivity index (χ0v) is 15.5. The van der Waals surface area contributed by atoms with E-state index in [1.165, 1.54) is 18.5 Å². The number of aromatic nitrogens is 3. The van der Waals surface area contributed by atoms with Crippen molar-refractivity contribution in [2.24, 2.45) is 5.92 Å². The van der Waals surface area contributed by atoms with Crippen molar-refractivity contribution in [1.29, 1.82) is 5.26 Å². The normalized spacial score (nSPS) is 20.0. The lowest BCUT2D eigenvalue weighted by Crippen LogP contribution is -2.41. The van der Waals surface area contributed by atoms with Crippen LogP contribution in [-0.4, -0.2) is 32.8 Å². The smallest absolute Gasteiger partial charge is 0.181 e. The Balaban J connectivity index is 1.47. The highest BCUT2D eigenvalue weighted by molar-refractivity contribution is 5.55. The second kappa shape index (κ2) is 7.82. The Morgan fingerprint density at radius 1 is 1.32 bits per heavy atom. The Kier molecular flexibility index (Phi) is 5.08. The summed E-state index contributed by atoms with van der Waals surface area (Å²) >= 11 is 0. The van der Waals surface area contributed by atoms with Gasteiger partial charge in [0.05, 0.1) is 30.3 Å². The number of hydrogen-bond donors (Lipinski definition) is 1. The molecule has 4 rings (SSSR count). The van der Waals surface area contributed by atoms with Gasteiger partial charge in [-0.05, 0) is 37.6 Å². The van der Waals surface area contributed by atoms with Crippen LogP contribution in [0.15, 0.2) is 47.3 Å². The van der Waals surface area contributed by atoms with E-state index in [9.17, 15) is 9.65 Å². The van der Waals surface area contributed by atoms with Crippen LogP contribution in [0.3, 0.4) is 0 Å². The molecule has 8 heteroatoms. The number of nitrogens with zero attached hydrogens (tertiary/aromatic N) is 5. The molecular formula is C20H21FN6O. The van der Waals surface area contributed by atoms with Crippen LogP contribution < -0.4 is 5.32 Å². The molecule has 0 spiro atoms. The third-order valence-corrected chi connectivity index (χ3v) is 5.11. The number of rotatable bonds is 5. The fourth-order valence-corrected chi connectivity index (χ4v) is 3.51. The van der Waals surface area contributed by atoms with E-state index < -0.39 is 0 Å². The molecule has 1 saturated heterocycles. The number of oxazole rings is 1. The van der Waals surface area contributed by atoms with E-state index in [4.69, 9.17) is 4.42 Å². The molecule has 1 aromatic carbocycles. The molecule has 144 valence electrons. The fourth-order valence-electron chi connectivity index (χ4n) is 3.51. The number of hydrogen-bond acceptors (Lipinski definition) is 6. The average molecular weight is 380 g/mol. The van der Waals surface area contributed by atoms with Crippen LogP contribution in [0.25, 0.3) is 0 Å². The first-order valence-electron chi connectivity index (χ1n) is 9.21. The van der Waals surface area contributed by atoms with E-state index in [1.54, 1.807) is 12.1 Å². The van der Waals surface area contributed by atoms with Crippen molar-refractivity contribution in [3.8, 4) is 6.07 Å². The molecule has 7 nitrogen and oxygen atoms in total. The largest absolute Gasteiger partial charge is 0.447 e. The van der Waals surface area contributed by atoms with E-state index in [1.807, 2.05) is 23.9 Å². The molecule has 1 N–H and O–H groups in total. The SMILES string of the molecule is Cc1ncoc1CN1CCC(C#N)C(n2ccc(Nc3ccc(F)cc3)n2)C1. The van der Waals surface area contributed by atoms with Crippen LogP contribution in [0.5, 0.6) is 0 Å². The first kappa shape index (κ1) is 18.2. The number of aryl methyl sites for hydroxylation is 1. The summed E-state index contributed by atoms with van der Waals surface area (Å²) in [4.78, 5) is 6.41. The maximum absolute atomic E-state index is 13.1. The van der Waals surface area contributed by atoms with Gasteiger partial charge in [-0.15, -0.1) is 0 Å². The molecular weight excluding hydrogens is 359 g/mol. The molecule has 0 aliphatic carbocycles. The lowest BCUT2D eigenvalue weighted by atomic mass is 9.93. The maximum atomic E-state index is 13.1. The predicted octanol–water partition coefficient (Wildman–Crippen LogP) is 3.65. The highest BCUT2D eigenvalue weighted by Gasteiger charge is 2.31. The van der Waals surface area contributed by atoms with Crippen molar-refractivity contribution in [1.82, 2.24) is 19.7 Å². The Labute approximate surface area is 162 Å². The summed E-state index contributed by atoms with van der Waals surface area (Å²) in [6.45, 7) is 4.13. The van der Waals surface area contributed by atoms with Gasteiger partial charge < -0.3 is 9.73 Å². The van der Waals surface area contributed by atoms with Gasteiger partial charge in [0.15, 0.2) is 12.2 Å². The molecule has 0 bridgehead atoms. The summed E-state index contributed by atoms with van der Waals surface area (Å²) in [5, 5.41) is 17.3. The van der Waals surface area contributed by atoms with Crippen molar-refractivity contribution in [2.45, 2.75) is 25.9 Å². The van der Waals surface area contributed by atoms with Gasteiger partial charge in [-0.3, -0.25) is 9.58 Å². The number of nitrogens with one attached hydrogen (secondary N) is 1. The van der Waals surface area contributed by atoms with Crippen molar-refractivity contribution in [3.05, 3.63) is 60.2 Å². The summed E-state index contributed by atoms with van der Waals surface area (Å²) in [5.41, 5.74) is 1.65. The molecule has 0 saturated carbocycles. The summed E-state index contributed by atoms with van der Waals surface area (Å²) < 4.78 is 20.4. The van der Waals surface area contributed by atoms with Gasteiger partial charge >= 0.3 is 0 Å². The second-order valence-electron chi connectivity index (χ2n) is 7.00. The summed E-state index contributed by atoms with van der Waals surface area (Å²) in [6.07, 6.45) is 4.12. The van der Waals surface area contributed by atoms with Crippen LogP contribution in [0.2, 0.25) is 0 Å². The minimum absolute atomic E-state index is 0.0502. The minimum Gasteiger partial charge on any atom is -0.447 e. The minimum atomic E-state index is -0.280. The average Bonchev–Trinajstić information content (AvgIpc) is 3.33. The number of benzene rings is 1. The molecule has 1 aliphatic heterocycles. The number of likely N-dealkylation sites (tertiary alicyclic amines) is 1. The van der Waals surface area contributed by atoms with Crippen LogP contribution in [0.1, 0.15) is 23.9 Å². The molecule has 1 fully saturated rings. The zero-order chi connectivity index (χ0) is 19.5. The van der Waals surface area contributed by atoms with Crippen LogP contribution in [-0.2, 0) is 6.54 Å². The van der Waals surface area contributed by atoms with Gasteiger partial charge in [-0.1, -0.05) is 0 Å². The molecule has 3 heterocycles. The van der Waals surface area contributed by atoms with Crippen molar-refractivity contribution in [3.63, 3.8) is 0 Å². The van der Waals surface area contributed by atoms with Crippen LogP contribution in [0.4, 0.5) is 15.9 Å². The Morgan fingerprint density at radius 2 is 2.14 bits per heavy atom. The summed E-state index contributed by atoms with van der Waals surface area (Å²) in [7, 11) is 0. The van der Waals surface area contributed by atoms with Gasteiger partial charge in [-0.25, -0.2) is 9.37 Å². The van der Waals surface area contributed by atoms with Crippen LogP contribution >= 0.6 is 0 Å². The Hall–Kier alpha value is -3.18. The Bertz CT molecular complexity index is 973. The molecule has 0 amide bonds. The van der Waals surface area contributed by atoms with Crippen molar-refractivity contribution >= 4 is 11.5 Å². The molecule has 1 aliphatic rings. The second-order valence-corrected chi connectivity index (χ2v) is 7.00. The zero-order valence-electron chi connectivity index (χ0n) is 15.5. The van der Waals surface area contributed by atoms with E-state index >= 15 is 0 Å². The first-order valence-corrected chi connectivity index (χ1v) is 9.21. The van der Waals surface area contributed by atoms with E-state index in [0.717, 1.165) is 30.1 Å². The molecule has 3 aromatic rings. The van der Waals surface area contributed by atoms with Gasteiger partial charge in [0.2, 0.25) is 0 Å². The number of halogens is 1. The number of nitriles is 1. The maximum Gasteiger partial charge on any atom is 0.181 e. The first-order chi connectivity index (χ1) is 13.6. The highest BCUT2D eigenvalue weighted by atomic mass is 19.1. The predicted molar refractivity (Wildman–Crippen MR) is 101 cm³/mol.